The van der Waals surface area contributed by atoms with Gasteiger partial charge in [-0.05, 0) is 12.8 Å². The van der Waals surface area contributed by atoms with E-state index < -0.39 is 0 Å². The molecule has 0 aromatic carbocycles. The van der Waals surface area contributed by atoms with Crippen molar-refractivity contribution in [3.05, 3.63) is 11.4 Å². The molecule has 0 aliphatic carbocycles. The van der Waals surface area contributed by atoms with Gasteiger partial charge in [0.2, 0.25) is 5.91 Å². The fourth-order valence-electron chi connectivity index (χ4n) is 1.70. The average Bonchev–Trinajstić information content (AvgIpc) is 2.54. The zero-order valence-electron chi connectivity index (χ0n) is 10.2. The number of aryl methyl sites for hydroxylation is 1. The van der Waals surface area contributed by atoms with Crippen molar-refractivity contribution in [2.24, 2.45) is 11.7 Å². The van der Waals surface area contributed by atoms with Crippen LogP contribution in [0.5, 0.6) is 0 Å². The third kappa shape index (κ3) is 2.35. The maximum Gasteiger partial charge on any atom is 0.222 e. The Balaban J connectivity index is 2.99. The lowest BCUT2D eigenvalue weighted by molar-refractivity contribution is -0.121. The van der Waals surface area contributed by atoms with Crippen LogP contribution in [0, 0.1) is 5.92 Å². The van der Waals surface area contributed by atoms with Crippen LogP contribution in [-0.2, 0) is 24.2 Å². The number of carbonyl (C=O) groups excluding carboxylic acids is 1. The van der Waals surface area contributed by atoms with Crippen molar-refractivity contribution in [2.75, 3.05) is 5.73 Å². The summed E-state index contributed by atoms with van der Waals surface area (Å²) < 4.78 is 1.81. The van der Waals surface area contributed by atoms with Crippen LogP contribution in [-0.4, -0.2) is 15.7 Å². The monoisotopic (exact) mass is 224 g/mol. The third-order valence-electron chi connectivity index (χ3n) is 2.78. The topological polar surface area (TPSA) is 86.9 Å². The van der Waals surface area contributed by atoms with Crippen LogP contribution < -0.4 is 11.5 Å². The molecular weight excluding hydrogens is 204 g/mol. The Morgan fingerprint density at radius 3 is 2.50 bits per heavy atom. The minimum Gasteiger partial charge on any atom is -0.396 e. The summed E-state index contributed by atoms with van der Waals surface area (Å²) in [6.45, 7) is 6.34. The molecule has 5 heteroatoms. The summed E-state index contributed by atoms with van der Waals surface area (Å²) in [6, 6.07) is 0. The molecule has 0 saturated heterocycles. The van der Waals surface area contributed by atoms with Gasteiger partial charge in [-0.2, -0.15) is 5.10 Å². The fraction of sp³-hybridized carbons (Fsp3) is 0.636. The predicted octanol–water partition coefficient (Wildman–Crippen LogP) is 0.712. The van der Waals surface area contributed by atoms with E-state index in [1.54, 1.807) is 6.92 Å². The number of anilines is 1. The number of amides is 1. The van der Waals surface area contributed by atoms with Crippen molar-refractivity contribution < 1.29 is 4.79 Å². The Bertz CT molecular complexity index is 384. The van der Waals surface area contributed by atoms with Crippen molar-refractivity contribution in [2.45, 2.75) is 40.2 Å². The summed E-state index contributed by atoms with van der Waals surface area (Å²) in [4.78, 5) is 11.0. The van der Waals surface area contributed by atoms with Crippen LogP contribution in [0.1, 0.15) is 32.2 Å². The van der Waals surface area contributed by atoms with E-state index in [1.165, 1.54) is 0 Å². The van der Waals surface area contributed by atoms with Crippen LogP contribution >= 0.6 is 0 Å². The second-order valence-electron chi connectivity index (χ2n) is 4.00. The van der Waals surface area contributed by atoms with Gasteiger partial charge < -0.3 is 11.5 Å². The molecule has 90 valence electrons. The summed E-state index contributed by atoms with van der Waals surface area (Å²) in [5, 5.41) is 4.41. The standard InChI is InChI=1S/C11H20N4O/c1-4-8-10(12)9(5-2)15(14-8)6-7(3)11(13)16/h7H,4-6,12H2,1-3H3,(H2,13,16). The third-order valence-corrected chi connectivity index (χ3v) is 2.78. The average molecular weight is 224 g/mol. The number of nitrogens with two attached hydrogens (primary N) is 2. The number of nitrogens with zero attached hydrogens (tertiary/aromatic N) is 2. The molecule has 0 aliphatic heterocycles. The molecular formula is C11H20N4O. The number of nitrogen functional groups attached to an aromatic ring is 1. The van der Waals surface area contributed by atoms with E-state index in [2.05, 4.69) is 5.10 Å². The van der Waals surface area contributed by atoms with Crippen molar-refractivity contribution in [3.63, 3.8) is 0 Å². The van der Waals surface area contributed by atoms with Crippen LogP contribution in [0.25, 0.3) is 0 Å². The normalized spacial score (nSPS) is 12.7. The molecule has 1 atom stereocenters. The molecule has 0 bridgehead atoms. The molecule has 0 fully saturated rings. The SMILES string of the molecule is CCc1nn(CC(C)C(N)=O)c(CC)c1N. The first-order valence-electron chi connectivity index (χ1n) is 5.64. The van der Waals surface area contributed by atoms with Gasteiger partial charge in [0.1, 0.15) is 0 Å². The van der Waals surface area contributed by atoms with Gasteiger partial charge in [-0.3, -0.25) is 9.48 Å². The lowest BCUT2D eigenvalue weighted by Gasteiger charge is -2.10. The minimum absolute atomic E-state index is 0.227. The summed E-state index contributed by atoms with van der Waals surface area (Å²) in [5.41, 5.74) is 13.9. The number of primary amides is 1. The molecule has 4 N–H and O–H groups in total. The molecule has 1 unspecified atom stereocenters. The second-order valence-corrected chi connectivity index (χ2v) is 4.00. The van der Waals surface area contributed by atoms with Gasteiger partial charge in [-0.25, -0.2) is 0 Å². The zero-order valence-corrected chi connectivity index (χ0v) is 10.2. The largest absolute Gasteiger partial charge is 0.396 e. The van der Waals surface area contributed by atoms with Gasteiger partial charge in [0.05, 0.1) is 29.5 Å². The molecule has 5 nitrogen and oxygen atoms in total. The Kier molecular flexibility index (Phi) is 3.93. The van der Waals surface area contributed by atoms with E-state index >= 15 is 0 Å². The Morgan fingerprint density at radius 2 is 2.06 bits per heavy atom. The number of rotatable bonds is 5. The first kappa shape index (κ1) is 12.5. The predicted molar refractivity (Wildman–Crippen MR) is 63.8 cm³/mol. The highest BCUT2D eigenvalue weighted by atomic mass is 16.1. The van der Waals surface area contributed by atoms with Crippen LogP contribution in [0.2, 0.25) is 0 Å². The van der Waals surface area contributed by atoms with Gasteiger partial charge >= 0.3 is 0 Å². The van der Waals surface area contributed by atoms with Crippen molar-refractivity contribution in [3.8, 4) is 0 Å². The molecule has 1 heterocycles. The zero-order chi connectivity index (χ0) is 12.3. The van der Waals surface area contributed by atoms with E-state index in [9.17, 15) is 4.79 Å². The number of hydrogen-bond donors (Lipinski definition) is 2. The number of carbonyl (C=O) groups is 1. The lowest BCUT2D eigenvalue weighted by Crippen LogP contribution is -2.25. The Hall–Kier alpha value is -1.52. The van der Waals surface area contributed by atoms with E-state index in [1.807, 2.05) is 18.5 Å². The number of hydrogen-bond acceptors (Lipinski definition) is 3. The molecule has 1 amide bonds. The maximum atomic E-state index is 11.0. The highest BCUT2D eigenvalue weighted by Gasteiger charge is 2.16. The Morgan fingerprint density at radius 1 is 1.44 bits per heavy atom. The summed E-state index contributed by atoms with van der Waals surface area (Å²) in [5.74, 6) is -0.538. The maximum absolute atomic E-state index is 11.0. The van der Waals surface area contributed by atoms with E-state index in [0.717, 1.165) is 29.9 Å². The van der Waals surface area contributed by atoms with Gasteiger partial charge in [0.15, 0.2) is 0 Å². The second kappa shape index (κ2) is 5.01. The quantitative estimate of drug-likeness (QED) is 0.772. The summed E-state index contributed by atoms with van der Waals surface area (Å²) in [6.07, 6.45) is 1.61. The van der Waals surface area contributed by atoms with Gasteiger partial charge in [-0.1, -0.05) is 20.8 Å². The van der Waals surface area contributed by atoms with Crippen molar-refractivity contribution >= 4 is 11.6 Å². The first-order chi connectivity index (χ1) is 7.51. The Labute approximate surface area is 95.8 Å². The highest BCUT2D eigenvalue weighted by molar-refractivity contribution is 5.76. The van der Waals surface area contributed by atoms with Crippen molar-refractivity contribution in [1.29, 1.82) is 0 Å². The molecule has 1 aromatic rings. The molecule has 0 saturated carbocycles. The molecule has 16 heavy (non-hydrogen) atoms. The van der Waals surface area contributed by atoms with Crippen LogP contribution in [0.15, 0.2) is 0 Å². The summed E-state index contributed by atoms with van der Waals surface area (Å²) >= 11 is 0. The number of aromatic nitrogens is 2. The van der Waals surface area contributed by atoms with E-state index in [0.29, 0.717) is 6.54 Å². The molecule has 0 radical (unpaired) electrons. The molecule has 1 aromatic heterocycles. The van der Waals surface area contributed by atoms with Crippen LogP contribution in [0.4, 0.5) is 5.69 Å². The minimum atomic E-state index is -0.311. The highest BCUT2D eigenvalue weighted by Crippen LogP contribution is 2.19. The van der Waals surface area contributed by atoms with Gasteiger partial charge in [0, 0.05) is 0 Å². The fourth-order valence-corrected chi connectivity index (χ4v) is 1.70. The van der Waals surface area contributed by atoms with Crippen molar-refractivity contribution in [1.82, 2.24) is 9.78 Å². The van der Waals surface area contributed by atoms with E-state index in [4.69, 9.17) is 11.5 Å². The lowest BCUT2D eigenvalue weighted by atomic mass is 10.1. The van der Waals surface area contributed by atoms with E-state index in [-0.39, 0.29) is 11.8 Å². The molecule has 0 aliphatic rings. The van der Waals surface area contributed by atoms with Gasteiger partial charge in [0.25, 0.3) is 0 Å². The molecule has 0 spiro atoms. The molecule has 1 rings (SSSR count). The smallest absolute Gasteiger partial charge is 0.222 e. The first-order valence-corrected chi connectivity index (χ1v) is 5.64. The van der Waals surface area contributed by atoms with Crippen LogP contribution in [0.3, 0.4) is 0 Å². The van der Waals surface area contributed by atoms with Gasteiger partial charge in [-0.15, -0.1) is 0 Å². The summed E-state index contributed by atoms with van der Waals surface area (Å²) in [7, 11) is 0.